The molecule has 3 rings (SSSR count). The van der Waals surface area contributed by atoms with Gasteiger partial charge in [-0.25, -0.2) is 4.79 Å². The Morgan fingerprint density at radius 2 is 2.18 bits per heavy atom. The van der Waals surface area contributed by atoms with Crippen LogP contribution in [-0.4, -0.2) is 48.0 Å². The van der Waals surface area contributed by atoms with Gasteiger partial charge in [0.2, 0.25) is 0 Å². The van der Waals surface area contributed by atoms with Crippen LogP contribution < -0.4 is 15.4 Å². The molecule has 118 valence electrons. The lowest BCUT2D eigenvalue weighted by atomic mass is 10.1. The number of carbonyl (C=O) groups excluding carboxylic acids is 2. The van der Waals surface area contributed by atoms with Gasteiger partial charge in [-0.1, -0.05) is 6.07 Å². The van der Waals surface area contributed by atoms with E-state index < -0.39 is 0 Å². The first-order valence-electron chi connectivity index (χ1n) is 7.33. The topological polar surface area (TPSA) is 70.7 Å². The molecule has 22 heavy (non-hydrogen) atoms. The van der Waals surface area contributed by atoms with Crippen LogP contribution in [-0.2, 0) is 4.79 Å². The maximum Gasteiger partial charge on any atom is 0.317 e. The first kappa shape index (κ1) is 15.0. The highest BCUT2D eigenvalue weighted by Crippen LogP contribution is 2.30. The van der Waals surface area contributed by atoms with Crippen molar-refractivity contribution in [2.24, 2.45) is 0 Å². The summed E-state index contributed by atoms with van der Waals surface area (Å²) in [5.41, 5.74) is 1.59. The molecule has 0 spiro atoms. The standard InChI is InChI=1S/C15H19N3O3S/c1-10(16-15(20)18-4-6-22-7-5-18)11-2-3-13-12(8-11)17-14(19)9-21-13/h2-3,8,10H,4-7,9H2,1H3,(H,16,20)(H,17,19)/t10-/m1/s1. The molecule has 2 N–H and O–H groups in total. The van der Waals surface area contributed by atoms with Gasteiger partial charge in [0.15, 0.2) is 6.61 Å². The highest BCUT2D eigenvalue weighted by molar-refractivity contribution is 7.99. The minimum atomic E-state index is -0.160. The Bertz CT molecular complexity index is 587. The first-order valence-corrected chi connectivity index (χ1v) is 8.49. The van der Waals surface area contributed by atoms with E-state index in [0.717, 1.165) is 30.2 Å². The summed E-state index contributed by atoms with van der Waals surface area (Å²) in [7, 11) is 0. The fourth-order valence-electron chi connectivity index (χ4n) is 2.50. The number of hydrogen-bond donors (Lipinski definition) is 2. The summed E-state index contributed by atoms with van der Waals surface area (Å²) in [6.45, 7) is 3.56. The zero-order chi connectivity index (χ0) is 15.5. The number of nitrogens with one attached hydrogen (secondary N) is 2. The Labute approximate surface area is 133 Å². The largest absolute Gasteiger partial charge is 0.482 e. The van der Waals surface area contributed by atoms with Gasteiger partial charge in [0.1, 0.15) is 5.75 Å². The van der Waals surface area contributed by atoms with E-state index in [9.17, 15) is 9.59 Å². The minimum absolute atomic E-state index is 0.0363. The molecule has 2 heterocycles. The number of anilines is 1. The van der Waals surface area contributed by atoms with E-state index in [1.165, 1.54) is 0 Å². The molecule has 2 aliphatic rings. The normalized spacial score (nSPS) is 18.8. The lowest BCUT2D eigenvalue weighted by Gasteiger charge is -2.28. The molecule has 1 saturated heterocycles. The van der Waals surface area contributed by atoms with E-state index in [1.54, 1.807) is 0 Å². The molecule has 2 aliphatic heterocycles. The number of amides is 3. The van der Waals surface area contributed by atoms with Crippen molar-refractivity contribution in [1.82, 2.24) is 10.2 Å². The number of carbonyl (C=O) groups is 2. The second-order valence-electron chi connectivity index (χ2n) is 5.36. The molecule has 1 atom stereocenters. The fourth-order valence-corrected chi connectivity index (χ4v) is 3.40. The van der Waals surface area contributed by atoms with Gasteiger partial charge in [0.25, 0.3) is 5.91 Å². The van der Waals surface area contributed by atoms with Crippen molar-refractivity contribution in [3.8, 4) is 5.75 Å². The predicted molar refractivity (Wildman–Crippen MR) is 86.4 cm³/mol. The molecular formula is C15H19N3O3S. The number of benzene rings is 1. The number of urea groups is 1. The van der Waals surface area contributed by atoms with Gasteiger partial charge in [-0.05, 0) is 24.6 Å². The van der Waals surface area contributed by atoms with Gasteiger partial charge in [-0.15, -0.1) is 0 Å². The summed E-state index contributed by atoms with van der Waals surface area (Å²) in [5.74, 6) is 2.48. The molecule has 7 heteroatoms. The summed E-state index contributed by atoms with van der Waals surface area (Å²) < 4.78 is 5.34. The Morgan fingerprint density at radius 1 is 1.41 bits per heavy atom. The molecule has 1 aromatic rings. The van der Waals surface area contributed by atoms with Crippen molar-refractivity contribution in [2.75, 3.05) is 36.5 Å². The summed E-state index contributed by atoms with van der Waals surface area (Å²) in [6, 6.07) is 5.41. The van der Waals surface area contributed by atoms with Gasteiger partial charge < -0.3 is 20.3 Å². The molecule has 0 radical (unpaired) electrons. The second kappa shape index (κ2) is 6.48. The van der Waals surface area contributed by atoms with Crippen LogP contribution in [0.3, 0.4) is 0 Å². The van der Waals surface area contributed by atoms with Crippen molar-refractivity contribution in [3.05, 3.63) is 23.8 Å². The fraction of sp³-hybridized carbons (Fsp3) is 0.467. The second-order valence-corrected chi connectivity index (χ2v) is 6.59. The zero-order valence-electron chi connectivity index (χ0n) is 12.4. The smallest absolute Gasteiger partial charge is 0.317 e. The molecule has 3 amide bonds. The van der Waals surface area contributed by atoms with Gasteiger partial charge >= 0.3 is 6.03 Å². The SMILES string of the molecule is C[C@@H](NC(=O)N1CCSCC1)c1ccc2c(c1)NC(=O)CO2. The molecule has 1 aromatic carbocycles. The average molecular weight is 321 g/mol. The van der Waals surface area contributed by atoms with Gasteiger partial charge in [-0.3, -0.25) is 4.79 Å². The average Bonchev–Trinajstić information content (AvgIpc) is 2.54. The molecule has 0 unspecified atom stereocenters. The number of ether oxygens (including phenoxy) is 1. The van der Waals surface area contributed by atoms with Gasteiger partial charge in [-0.2, -0.15) is 11.8 Å². The Kier molecular flexibility index (Phi) is 4.42. The zero-order valence-corrected chi connectivity index (χ0v) is 13.2. The number of nitrogens with zero attached hydrogens (tertiary/aromatic N) is 1. The molecular weight excluding hydrogens is 302 g/mol. The maximum atomic E-state index is 12.2. The number of rotatable bonds is 2. The Hall–Kier alpha value is -1.89. The van der Waals surface area contributed by atoms with Crippen LogP contribution in [0.2, 0.25) is 0 Å². The number of hydrogen-bond acceptors (Lipinski definition) is 4. The lowest BCUT2D eigenvalue weighted by Crippen LogP contribution is -2.45. The molecule has 6 nitrogen and oxygen atoms in total. The van der Waals surface area contributed by atoms with E-state index in [2.05, 4.69) is 10.6 Å². The summed E-state index contributed by atoms with van der Waals surface area (Å²) in [4.78, 5) is 25.5. The molecule has 0 aromatic heterocycles. The highest BCUT2D eigenvalue weighted by Gasteiger charge is 2.21. The number of fused-ring (bicyclic) bond motifs is 1. The van der Waals surface area contributed by atoms with Crippen LogP contribution in [0.5, 0.6) is 5.75 Å². The lowest BCUT2D eigenvalue weighted by molar-refractivity contribution is -0.118. The Balaban J connectivity index is 1.67. The van der Waals surface area contributed by atoms with E-state index in [1.807, 2.05) is 41.8 Å². The number of thioether (sulfide) groups is 1. The van der Waals surface area contributed by atoms with Crippen molar-refractivity contribution in [3.63, 3.8) is 0 Å². The van der Waals surface area contributed by atoms with Crippen molar-refractivity contribution >= 4 is 29.4 Å². The molecule has 0 bridgehead atoms. The van der Waals surface area contributed by atoms with Crippen molar-refractivity contribution < 1.29 is 14.3 Å². The maximum absolute atomic E-state index is 12.2. The van der Waals surface area contributed by atoms with E-state index in [4.69, 9.17) is 4.74 Å². The summed E-state index contributed by atoms with van der Waals surface area (Å²) >= 11 is 1.87. The van der Waals surface area contributed by atoms with E-state index in [-0.39, 0.29) is 24.6 Å². The third kappa shape index (κ3) is 3.30. The van der Waals surface area contributed by atoms with Crippen LogP contribution in [0, 0.1) is 0 Å². The highest BCUT2D eigenvalue weighted by atomic mass is 32.2. The van der Waals surface area contributed by atoms with Crippen molar-refractivity contribution in [1.29, 1.82) is 0 Å². The first-order chi connectivity index (χ1) is 10.6. The monoisotopic (exact) mass is 321 g/mol. The van der Waals surface area contributed by atoms with Crippen LogP contribution in [0.25, 0.3) is 0 Å². The van der Waals surface area contributed by atoms with E-state index in [0.29, 0.717) is 11.4 Å². The summed E-state index contributed by atoms with van der Waals surface area (Å²) in [6.07, 6.45) is 0. The van der Waals surface area contributed by atoms with Crippen LogP contribution in [0.1, 0.15) is 18.5 Å². The van der Waals surface area contributed by atoms with Crippen LogP contribution in [0.4, 0.5) is 10.5 Å². The van der Waals surface area contributed by atoms with Gasteiger partial charge in [0.05, 0.1) is 11.7 Å². The molecule has 1 fully saturated rings. The third-order valence-electron chi connectivity index (χ3n) is 3.77. The van der Waals surface area contributed by atoms with Gasteiger partial charge in [0, 0.05) is 24.6 Å². The molecule has 0 saturated carbocycles. The predicted octanol–water partition coefficient (Wildman–Crippen LogP) is 1.84. The van der Waals surface area contributed by atoms with E-state index >= 15 is 0 Å². The molecule has 0 aliphatic carbocycles. The third-order valence-corrected chi connectivity index (χ3v) is 4.72. The minimum Gasteiger partial charge on any atom is -0.482 e. The summed E-state index contributed by atoms with van der Waals surface area (Å²) in [5, 5.41) is 5.79. The van der Waals surface area contributed by atoms with Crippen LogP contribution >= 0.6 is 11.8 Å². The van der Waals surface area contributed by atoms with Crippen molar-refractivity contribution in [2.45, 2.75) is 13.0 Å². The quantitative estimate of drug-likeness (QED) is 0.872. The van der Waals surface area contributed by atoms with Crippen LogP contribution in [0.15, 0.2) is 18.2 Å². The Morgan fingerprint density at radius 3 is 2.95 bits per heavy atom.